The Labute approximate surface area is 69.1 Å². The smallest absolute Gasteiger partial charge is 0.343 e. The summed E-state index contributed by atoms with van der Waals surface area (Å²) < 4.78 is 1.18. The molecule has 0 N–H and O–H groups in total. The number of rotatable bonds is 1. The summed E-state index contributed by atoms with van der Waals surface area (Å²) in [5.74, 6) is 0. The molecule has 0 radical (unpaired) electrons. The minimum Gasteiger partial charge on any atom is -0.343 e. The molecule has 0 rings (SSSR count). The second-order valence-electron chi connectivity index (χ2n) is 0.543. The van der Waals surface area contributed by atoms with Gasteiger partial charge in [0, 0.05) is 0 Å². The molecular weight excluding hydrogens is 186 g/mol. The zero-order valence-corrected chi connectivity index (χ0v) is 7.66. The van der Waals surface area contributed by atoms with Crippen LogP contribution in [0.4, 0.5) is 0 Å². The third kappa shape index (κ3) is 10.7. The maximum Gasteiger partial charge on any atom is 1.00 e. The zero-order valence-electron chi connectivity index (χ0n) is 3.50. The molecular formula is C3H6INa. The molecule has 0 fully saturated rings. The second-order valence-corrected chi connectivity index (χ2v) is 1.62. The molecule has 0 spiro atoms. The van der Waals surface area contributed by atoms with E-state index in [1.165, 1.54) is 4.43 Å². The van der Waals surface area contributed by atoms with Gasteiger partial charge in [-0.15, -0.1) is 0 Å². The van der Waals surface area contributed by atoms with Gasteiger partial charge in [-0.1, -0.05) is 22.6 Å². The van der Waals surface area contributed by atoms with Crippen molar-refractivity contribution in [3.63, 3.8) is 0 Å². The Balaban J connectivity index is 0. The number of hydrogen-bond acceptors (Lipinski definition) is 0. The maximum absolute atomic E-state index is 3.60. The fraction of sp³-hybridized carbons (Fsp3) is 0.667. The molecule has 0 aliphatic rings. The van der Waals surface area contributed by atoms with E-state index in [1.54, 1.807) is 0 Å². The summed E-state index contributed by atoms with van der Waals surface area (Å²) in [6, 6.07) is 0. The summed E-state index contributed by atoms with van der Waals surface area (Å²) in [6.07, 6.45) is 1.06. The summed E-state index contributed by atoms with van der Waals surface area (Å²) >= 11 is 2.29. The van der Waals surface area contributed by atoms with Gasteiger partial charge in [0.1, 0.15) is 0 Å². The Morgan fingerprint density at radius 3 is 1.80 bits per heavy atom. The van der Waals surface area contributed by atoms with Crippen LogP contribution in [-0.4, -0.2) is 4.43 Å². The molecule has 26 valence electrons. The molecule has 0 heterocycles. The van der Waals surface area contributed by atoms with Crippen molar-refractivity contribution in [3.05, 3.63) is 6.92 Å². The summed E-state index contributed by atoms with van der Waals surface area (Å²) in [5, 5.41) is 0. The Bertz CT molecular complexity index is 8.85. The van der Waals surface area contributed by atoms with Gasteiger partial charge >= 0.3 is 29.6 Å². The van der Waals surface area contributed by atoms with Crippen LogP contribution in [0.2, 0.25) is 0 Å². The molecule has 2 heteroatoms. The van der Waals surface area contributed by atoms with Gasteiger partial charge in [-0.25, -0.2) is 0 Å². The molecule has 0 aromatic rings. The van der Waals surface area contributed by atoms with Gasteiger partial charge in [-0.2, -0.15) is 6.42 Å². The van der Waals surface area contributed by atoms with Gasteiger partial charge in [-0.05, 0) is 4.43 Å². The topological polar surface area (TPSA) is 0 Å². The van der Waals surface area contributed by atoms with E-state index in [0.29, 0.717) is 0 Å². The summed E-state index contributed by atoms with van der Waals surface area (Å²) in [7, 11) is 0. The molecule has 0 aromatic carbocycles. The molecule has 0 atom stereocenters. The normalized spacial score (nSPS) is 6.00. The molecule has 0 bridgehead atoms. The number of halogens is 1. The first-order chi connectivity index (χ1) is 1.91. The van der Waals surface area contributed by atoms with Gasteiger partial charge in [0.15, 0.2) is 0 Å². The van der Waals surface area contributed by atoms with Crippen molar-refractivity contribution in [2.75, 3.05) is 4.43 Å². The van der Waals surface area contributed by atoms with Crippen LogP contribution in [0.25, 0.3) is 0 Å². The van der Waals surface area contributed by atoms with E-state index in [4.69, 9.17) is 0 Å². The number of alkyl halides is 1. The van der Waals surface area contributed by atoms with E-state index in [9.17, 15) is 0 Å². The molecule has 0 saturated heterocycles. The fourth-order valence-electron chi connectivity index (χ4n) is 0. The van der Waals surface area contributed by atoms with E-state index in [1.807, 2.05) is 0 Å². The minimum absolute atomic E-state index is 0. The van der Waals surface area contributed by atoms with Crippen molar-refractivity contribution >= 4 is 22.6 Å². The predicted octanol–water partition coefficient (Wildman–Crippen LogP) is -1.35. The van der Waals surface area contributed by atoms with Gasteiger partial charge < -0.3 is 6.92 Å². The molecule has 0 nitrogen and oxygen atoms in total. The van der Waals surface area contributed by atoms with Crippen molar-refractivity contribution in [2.45, 2.75) is 6.42 Å². The van der Waals surface area contributed by atoms with Gasteiger partial charge in [-0.3, -0.25) is 0 Å². The van der Waals surface area contributed by atoms with E-state index in [2.05, 4.69) is 29.5 Å². The zero-order chi connectivity index (χ0) is 3.41. The maximum atomic E-state index is 3.60. The van der Waals surface area contributed by atoms with Crippen LogP contribution in [0.1, 0.15) is 6.42 Å². The van der Waals surface area contributed by atoms with Crippen LogP contribution in [0.15, 0.2) is 0 Å². The van der Waals surface area contributed by atoms with Crippen molar-refractivity contribution in [2.24, 2.45) is 0 Å². The molecule has 0 unspecified atom stereocenters. The van der Waals surface area contributed by atoms with E-state index < -0.39 is 0 Å². The Morgan fingerprint density at radius 2 is 1.80 bits per heavy atom. The number of hydrogen-bond donors (Lipinski definition) is 0. The fourth-order valence-corrected chi connectivity index (χ4v) is 0. The third-order valence-electron chi connectivity index (χ3n) is 0.134. The predicted molar refractivity (Wildman–Crippen MR) is 28.9 cm³/mol. The monoisotopic (exact) mass is 192 g/mol. The van der Waals surface area contributed by atoms with Crippen LogP contribution < -0.4 is 29.6 Å². The molecule has 0 saturated carbocycles. The SMILES string of the molecule is [CH2-]CCI.[Na+]. The molecule has 0 aliphatic carbocycles. The average molecular weight is 192 g/mol. The Kier molecular flexibility index (Phi) is 18.2. The molecule has 0 aliphatic heterocycles. The Hall–Kier alpha value is 1.73. The van der Waals surface area contributed by atoms with Crippen molar-refractivity contribution < 1.29 is 29.6 Å². The van der Waals surface area contributed by atoms with Crippen LogP contribution in [-0.2, 0) is 0 Å². The van der Waals surface area contributed by atoms with Gasteiger partial charge in [0.05, 0.1) is 0 Å². The van der Waals surface area contributed by atoms with Crippen molar-refractivity contribution in [1.82, 2.24) is 0 Å². The first-order valence-corrected chi connectivity index (χ1v) is 2.79. The van der Waals surface area contributed by atoms with E-state index >= 15 is 0 Å². The standard InChI is InChI=1S/C3H6I.Na/c1-2-3-4;/h1-3H2;/q-1;+1. The Morgan fingerprint density at radius 1 is 1.60 bits per heavy atom. The average Bonchev–Trinajstić information content (AvgIpc) is 1.37. The van der Waals surface area contributed by atoms with Crippen LogP contribution >= 0.6 is 22.6 Å². The van der Waals surface area contributed by atoms with Crippen molar-refractivity contribution in [1.29, 1.82) is 0 Å². The first kappa shape index (κ1) is 9.88. The minimum atomic E-state index is 0. The van der Waals surface area contributed by atoms with Crippen LogP contribution in [0.5, 0.6) is 0 Å². The third-order valence-corrected chi connectivity index (χ3v) is 0.896. The second kappa shape index (κ2) is 9.21. The summed E-state index contributed by atoms with van der Waals surface area (Å²) in [6.45, 7) is 3.60. The van der Waals surface area contributed by atoms with Crippen LogP contribution in [0.3, 0.4) is 0 Å². The van der Waals surface area contributed by atoms with Crippen LogP contribution in [0, 0.1) is 6.92 Å². The van der Waals surface area contributed by atoms with Crippen molar-refractivity contribution in [3.8, 4) is 0 Å². The summed E-state index contributed by atoms with van der Waals surface area (Å²) in [4.78, 5) is 0. The molecule has 0 amide bonds. The molecule has 5 heavy (non-hydrogen) atoms. The largest absolute Gasteiger partial charge is 1.00 e. The summed E-state index contributed by atoms with van der Waals surface area (Å²) in [5.41, 5.74) is 0. The quantitative estimate of drug-likeness (QED) is 0.208. The molecule has 0 aromatic heterocycles. The van der Waals surface area contributed by atoms with Gasteiger partial charge in [0.2, 0.25) is 0 Å². The van der Waals surface area contributed by atoms with Gasteiger partial charge in [0.25, 0.3) is 0 Å². The van der Waals surface area contributed by atoms with E-state index in [-0.39, 0.29) is 29.6 Å². The van der Waals surface area contributed by atoms with E-state index in [0.717, 1.165) is 6.42 Å². The first-order valence-electron chi connectivity index (χ1n) is 1.27.